The Morgan fingerprint density at radius 3 is 2.06 bits per heavy atom. The van der Waals surface area contributed by atoms with E-state index in [2.05, 4.69) is 19.2 Å². The molecule has 1 N–H and O–H groups in total. The summed E-state index contributed by atoms with van der Waals surface area (Å²) in [5, 5.41) is 3.30. The average Bonchev–Trinajstić information content (AvgIpc) is 2.41. The van der Waals surface area contributed by atoms with Crippen LogP contribution in [0.4, 0.5) is 0 Å². The summed E-state index contributed by atoms with van der Waals surface area (Å²) < 4.78 is 11.2. The second kappa shape index (κ2) is 7.98. The lowest BCUT2D eigenvalue weighted by atomic mass is 10.0. The molecular formula is C15H25NO2. The molecule has 1 aromatic rings. The van der Waals surface area contributed by atoms with Crippen molar-refractivity contribution >= 4 is 0 Å². The summed E-state index contributed by atoms with van der Waals surface area (Å²) in [6, 6.07) is 8.18. The maximum absolute atomic E-state index is 5.80. The van der Waals surface area contributed by atoms with Gasteiger partial charge in [-0.1, -0.05) is 20.3 Å². The molecule has 2 atom stereocenters. The first-order valence-corrected chi connectivity index (χ1v) is 6.74. The molecule has 2 unspecified atom stereocenters. The van der Waals surface area contributed by atoms with Gasteiger partial charge in [-0.15, -0.1) is 0 Å². The van der Waals surface area contributed by atoms with Gasteiger partial charge in [0, 0.05) is 6.04 Å². The van der Waals surface area contributed by atoms with Gasteiger partial charge in [-0.3, -0.25) is 0 Å². The van der Waals surface area contributed by atoms with Crippen molar-refractivity contribution in [3.05, 3.63) is 24.3 Å². The predicted octanol–water partition coefficient (Wildman–Crippen LogP) is 3.10. The zero-order valence-electron chi connectivity index (χ0n) is 11.9. The first-order valence-electron chi connectivity index (χ1n) is 6.74. The van der Waals surface area contributed by atoms with E-state index in [1.54, 1.807) is 0 Å². The number of hydrogen-bond donors (Lipinski definition) is 1. The van der Waals surface area contributed by atoms with Crippen LogP contribution in [-0.2, 0) is 0 Å². The molecule has 1 aromatic carbocycles. The summed E-state index contributed by atoms with van der Waals surface area (Å²) in [5.74, 6) is 2.39. The second-order valence-electron chi connectivity index (χ2n) is 4.50. The van der Waals surface area contributed by atoms with Gasteiger partial charge in [0.15, 0.2) is 0 Å². The van der Waals surface area contributed by atoms with E-state index in [1.807, 2.05) is 38.2 Å². The average molecular weight is 251 g/mol. The first-order chi connectivity index (χ1) is 8.71. The first kappa shape index (κ1) is 14.8. The van der Waals surface area contributed by atoms with Crippen LogP contribution in [0.2, 0.25) is 0 Å². The Labute approximate surface area is 110 Å². The van der Waals surface area contributed by atoms with Crippen molar-refractivity contribution < 1.29 is 9.47 Å². The number of ether oxygens (including phenoxy) is 2. The van der Waals surface area contributed by atoms with E-state index >= 15 is 0 Å². The molecule has 18 heavy (non-hydrogen) atoms. The van der Waals surface area contributed by atoms with Crippen molar-refractivity contribution in [1.29, 1.82) is 0 Å². The highest BCUT2D eigenvalue weighted by Crippen LogP contribution is 2.18. The molecule has 0 spiro atoms. The SMILES string of the molecule is CCOc1ccc(OCC(NC)C(C)CC)cc1. The van der Waals surface area contributed by atoms with E-state index in [9.17, 15) is 0 Å². The Bertz CT molecular complexity index is 324. The van der Waals surface area contributed by atoms with Crippen LogP contribution in [0.1, 0.15) is 27.2 Å². The molecule has 102 valence electrons. The van der Waals surface area contributed by atoms with Crippen LogP contribution in [0.25, 0.3) is 0 Å². The molecule has 0 radical (unpaired) electrons. The minimum atomic E-state index is 0.390. The fourth-order valence-electron chi connectivity index (χ4n) is 1.80. The van der Waals surface area contributed by atoms with Gasteiger partial charge in [0.1, 0.15) is 18.1 Å². The fourth-order valence-corrected chi connectivity index (χ4v) is 1.80. The standard InChI is InChI=1S/C15H25NO2/c1-5-12(3)15(16-4)11-18-14-9-7-13(8-10-14)17-6-2/h7-10,12,15-16H,5-6,11H2,1-4H3. The molecule has 3 heteroatoms. The molecule has 0 saturated heterocycles. The van der Waals surface area contributed by atoms with Crippen molar-refractivity contribution in [3.8, 4) is 11.5 Å². The Morgan fingerprint density at radius 2 is 1.61 bits per heavy atom. The van der Waals surface area contributed by atoms with Gasteiger partial charge < -0.3 is 14.8 Å². The van der Waals surface area contributed by atoms with Crippen molar-refractivity contribution in [2.75, 3.05) is 20.3 Å². The van der Waals surface area contributed by atoms with E-state index in [0.29, 0.717) is 25.2 Å². The zero-order chi connectivity index (χ0) is 13.4. The smallest absolute Gasteiger partial charge is 0.119 e. The summed E-state index contributed by atoms with van der Waals surface area (Å²) in [5.41, 5.74) is 0. The van der Waals surface area contributed by atoms with E-state index in [0.717, 1.165) is 17.9 Å². The van der Waals surface area contributed by atoms with Crippen LogP contribution in [0.3, 0.4) is 0 Å². The molecule has 1 rings (SSSR count). The molecular weight excluding hydrogens is 226 g/mol. The molecule has 0 aliphatic carbocycles. The minimum absolute atomic E-state index is 0.390. The third-order valence-electron chi connectivity index (χ3n) is 3.27. The number of hydrogen-bond acceptors (Lipinski definition) is 3. The predicted molar refractivity (Wildman–Crippen MR) is 75.4 cm³/mol. The van der Waals surface area contributed by atoms with Crippen molar-refractivity contribution in [2.24, 2.45) is 5.92 Å². The van der Waals surface area contributed by atoms with Crippen LogP contribution in [0.15, 0.2) is 24.3 Å². The summed E-state index contributed by atoms with van der Waals surface area (Å²) in [6.45, 7) is 7.80. The molecule has 3 nitrogen and oxygen atoms in total. The Kier molecular flexibility index (Phi) is 6.58. The van der Waals surface area contributed by atoms with Crippen LogP contribution in [-0.4, -0.2) is 26.3 Å². The third kappa shape index (κ3) is 4.57. The number of rotatable bonds is 8. The molecule has 0 heterocycles. The van der Waals surface area contributed by atoms with E-state index < -0.39 is 0 Å². The molecule has 0 saturated carbocycles. The number of nitrogens with one attached hydrogen (secondary N) is 1. The van der Waals surface area contributed by atoms with Gasteiger partial charge >= 0.3 is 0 Å². The Hall–Kier alpha value is -1.22. The Balaban J connectivity index is 2.46. The van der Waals surface area contributed by atoms with E-state index in [1.165, 1.54) is 0 Å². The van der Waals surface area contributed by atoms with Crippen LogP contribution in [0, 0.1) is 5.92 Å². The normalized spacial score (nSPS) is 14.0. The summed E-state index contributed by atoms with van der Waals surface area (Å²) in [4.78, 5) is 0. The number of benzene rings is 1. The second-order valence-corrected chi connectivity index (χ2v) is 4.50. The van der Waals surface area contributed by atoms with Gasteiger partial charge in [-0.2, -0.15) is 0 Å². The highest BCUT2D eigenvalue weighted by molar-refractivity contribution is 5.31. The molecule has 0 aromatic heterocycles. The molecule has 0 bridgehead atoms. The van der Waals surface area contributed by atoms with Gasteiger partial charge in [0.05, 0.1) is 6.61 Å². The lowest BCUT2D eigenvalue weighted by molar-refractivity contribution is 0.228. The van der Waals surface area contributed by atoms with Crippen molar-refractivity contribution in [3.63, 3.8) is 0 Å². The highest BCUT2D eigenvalue weighted by Gasteiger charge is 2.14. The monoisotopic (exact) mass is 251 g/mol. The van der Waals surface area contributed by atoms with Crippen molar-refractivity contribution in [1.82, 2.24) is 5.32 Å². The maximum atomic E-state index is 5.80. The van der Waals surface area contributed by atoms with E-state index in [4.69, 9.17) is 9.47 Å². The lowest BCUT2D eigenvalue weighted by Gasteiger charge is -2.22. The zero-order valence-corrected chi connectivity index (χ0v) is 11.9. The van der Waals surface area contributed by atoms with Crippen LogP contribution in [0.5, 0.6) is 11.5 Å². The van der Waals surface area contributed by atoms with Crippen molar-refractivity contribution in [2.45, 2.75) is 33.2 Å². The minimum Gasteiger partial charge on any atom is -0.494 e. The van der Waals surface area contributed by atoms with Crippen LogP contribution >= 0.6 is 0 Å². The van der Waals surface area contributed by atoms with Crippen LogP contribution < -0.4 is 14.8 Å². The summed E-state index contributed by atoms with van der Waals surface area (Å²) in [6.07, 6.45) is 1.15. The van der Waals surface area contributed by atoms with Gasteiger partial charge in [-0.25, -0.2) is 0 Å². The van der Waals surface area contributed by atoms with Gasteiger partial charge in [0.25, 0.3) is 0 Å². The highest BCUT2D eigenvalue weighted by atomic mass is 16.5. The summed E-state index contributed by atoms with van der Waals surface area (Å²) >= 11 is 0. The summed E-state index contributed by atoms with van der Waals surface area (Å²) in [7, 11) is 1.98. The molecule has 0 fully saturated rings. The lowest BCUT2D eigenvalue weighted by Crippen LogP contribution is -2.37. The van der Waals surface area contributed by atoms with E-state index in [-0.39, 0.29) is 0 Å². The maximum Gasteiger partial charge on any atom is 0.119 e. The number of likely N-dealkylation sites (N-methyl/N-ethyl adjacent to an activating group) is 1. The molecule has 0 amide bonds. The largest absolute Gasteiger partial charge is 0.494 e. The Morgan fingerprint density at radius 1 is 1.06 bits per heavy atom. The third-order valence-corrected chi connectivity index (χ3v) is 3.27. The molecule has 0 aliphatic heterocycles. The fraction of sp³-hybridized carbons (Fsp3) is 0.600. The van der Waals surface area contributed by atoms with Gasteiger partial charge in [-0.05, 0) is 44.2 Å². The topological polar surface area (TPSA) is 30.5 Å². The van der Waals surface area contributed by atoms with Gasteiger partial charge in [0.2, 0.25) is 0 Å². The molecule has 0 aliphatic rings. The quantitative estimate of drug-likeness (QED) is 0.770.